The van der Waals surface area contributed by atoms with Gasteiger partial charge in [0.05, 0.1) is 0 Å². The van der Waals surface area contributed by atoms with Crippen LogP contribution in [0.2, 0.25) is 0 Å². The molecule has 0 aliphatic heterocycles. The molecule has 0 rings (SSSR count). The Balaban J connectivity index is 0. The van der Waals surface area contributed by atoms with Crippen molar-refractivity contribution in [3.8, 4) is 0 Å². The molecule has 0 spiro atoms. The van der Waals surface area contributed by atoms with E-state index in [1.807, 2.05) is 0 Å². The van der Waals surface area contributed by atoms with Gasteiger partial charge in [0.2, 0.25) is 0 Å². The molecule has 140 valence electrons. The van der Waals surface area contributed by atoms with Crippen molar-refractivity contribution < 1.29 is 238 Å². The van der Waals surface area contributed by atoms with Crippen LogP contribution in [0.25, 0.3) is 0 Å². The zero-order valence-corrected chi connectivity index (χ0v) is 29.4. The second kappa shape index (κ2) is 559. The largest absolute Gasteiger partial charge is 2.00 e. The number of hydrogen-bond acceptors (Lipinski definition) is 0. The molecular weight excluding hydrogens is 1430 g/mol. The molecule has 0 aliphatic rings. The summed E-state index contributed by atoms with van der Waals surface area (Å²) < 4.78 is 0. The molecule has 0 fully saturated rings. The van der Waals surface area contributed by atoms with Gasteiger partial charge in [-0.05, 0) is 0 Å². The van der Waals surface area contributed by atoms with Crippen molar-refractivity contribution in [2.45, 2.75) is 0 Å². The molecule has 0 unspecified atom stereocenters. The predicted octanol–water partition coefficient (Wildman–Crippen LogP) is -1.78. The minimum Gasteiger partial charge on any atom is -2.00 e. The molecule has 0 heterocycles. The quantitative estimate of drug-likeness (QED) is 0.260. The average Bonchev–Trinajstić information content (AvgIpc) is 0. The smallest absolute Gasteiger partial charge is 0 e. The normalized spacial score (nSPS) is 0. The molecule has 0 bridgehead atoms. The molecular formula is O15U5-30. The van der Waals surface area contributed by atoms with Crippen LogP contribution in [-0.4, -0.2) is 0 Å². The van der Waals surface area contributed by atoms with Gasteiger partial charge in [-0.25, -0.2) is 0 Å². The molecule has 0 aromatic carbocycles. The summed E-state index contributed by atoms with van der Waals surface area (Å²) in [5.41, 5.74) is 0. The molecule has 20 heteroatoms. The van der Waals surface area contributed by atoms with E-state index in [0.29, 0.717) is 0 Å². The van der Waals surface area contributed by atoms with E-state index in [1.54, 1.807) is 0 Å². The summed E-state index contributed by atoms with van der Waals surface area (Å²) in [6.45, 7) is 0. The van der Waals surface area contributed by atoms with Crippen LogP contribution in [0.3, 0.4) is 0 Å². The van der Waals surface area contributed by atoms with E-state index < -0.39 is 0 Å². The van der Waals surface area contributed by atoms with E-state index >= 15 is 0 Å². The Morgan fingerprint density at radius 2 is 0.100 bits per heavy atom. The fraction of sp³-hybridized carbons (Fsp3) is 0. The Morgan fingerprint density at radius 3 is 0.100 bits per heavy atom. The molecule has 0 aliphatic carbocycles. The molecule has 20 heavy (non-hydrogen) atoms. The molecule has 0 radical (unpaired) electrons. The maximum absolute atomic E-state index is 0. The Bertz CT molecular complexity index is 16.2. The Kier molecular flexibility index (Phi) is 17800. The van der Waals surface area contributed by atoms with Gasteiger partial charge >= 0.3 is 0 Å². The van der Waals surface area contributed by atoms with Gasteiger partial charge in [-0.3, -0.25) is 0 Å². The zero-order valence-electron chi connectivity index (χ0n) is 8.62. The van der Waals surface area contributed by atoms with Gasteiger partial charge in [-0.2, -0.15) is 0 Å². The first-order valence-corrected chi connectivity index (χ1v) is 0. The minimum absolute atomic E-state index is 0. The van der Waals surface area contributed by atoms with Crippen LogP contribution in [-0.2, 0) is 82.1 Å². The fourth-order valence-electron chi connectivity index (χ4n) is 0. The first-order chi connectivity index (χ1) is 0. The third-order valence-corrected chi connectivity index (χ3v) is 0. The second-order valence-corrected chi connectivity index (χ2v) is 0. The van der Waals surface area contributed by atoms with Gasteiger partial charge in [0, 0.05) is 156 Å². The summed E-state index contributed by atoms with van der Waals surface area (Å²) in [5.74, 6) is 0. The van der Waals surface area contributed by atoms with Gasteiger partial charge < -0.3 is 82.1 Å². The average molecular weight is 1430 g/mol. The summed E-state index contributed by atoms with van der Waals surface area (Å²) in [4.78, 5) is 0. The van der Waals surface area contributed by atoms with Crippen LogP contribution in [0.15, 0.2) is 0 Å². The molecule has 0 aromatic heterocycles. The minimum atomic E-state index is 0. The van der Waals surface area contributed by atoms with Gasteiger partial charge in [0.25, 0.3) is 0 Å². The summed E-state index contributed by atoms with van der Waals surface area (Å²) in [6, 6.07) is 0. The number of hydrogen-bond donors (Lipinski definition) is 0. The third-order valence-electron chi connectivity index (χ3n) is 0. The fourth-order valence-corrected chi connectivity index (χ4v) is 0. The topological polar surface area (TPSA) is 428 Å². The van der Waals surface area contributed by atoms with Crippen molar-refractivity contribution in [1.82, 2.24) is 0 Å². The van der Waals surface area contributed by atoms with Crippen LogP contribution >= 0.6 is 0 Å². The van der Waals surface area contributed by atoms with Crippen LogP contribution < -0.4 is 0 Å². The molecule has 15 nitrogen and oxygen atoms in total. The van der Waals surface area contributed by atoms with Crippen molar-refractivity contribution >= 4 is 0 Å². The van der Waals surface area contributed by atoms with Crippen molar-refractivity contribution in [3.63, 3.8) is 0 Å². The summed E-state index contributed by atoms with van der Waals surface area (Å²) in [6.07, 6.45) is 0. The Morgan fingerprint density at radius 1 is 0.100 bits per heavy atom. The van der Waals surface area contributed by atoms with E-state index in [4.69, 9.17) is 0 Å². The third kappa shape index (κ3) is 490. The van der Waals surface area contributed by atoms with Gasteiger partial charge in [-0.15, -0.1) is 0 Å². The summed E-state index contributed by atoms with van der Waals surface area (Å²) in [5, 5.41) is 0. The van der Waals surface area contributed by atoms with E-state index in [2.05, 4.69) is 0 Å². The Hall–Kier alpha value is 4.66. The van der Waals surface area contributed by atoms with Crippen LogP contribution in [0.1, 0.15) is 0 Å². The van der Waals surface area contributed by atoms with Crippen molar-refractivity contribution in [2.75, 3.05) is 0 Å². The van der Waals surface area contributed by atoms with Crippen LogP contribution in [0.5, 0.6) is 0 Å². The standard InChI is InChI=1S/15O.5U/q15*-2;;;;;. The number of rotatable bonds is 0. The maximum atomic E-state index is 0. The molecule has 0 atom stereocenters. The predicted molar refractivity (Wildman–Crippen MR) is 10.3 cm³/mol. The van der Waals surface area contributed by atoms with Crippen LogP contribution in [0.4, 0.5) is 0 Å². The molecule has 0 saturated heterocycles. The Labute approximate surface area is 233 Å². The van der Waals surface area contributed by atoms with Crippen molar-refractivity contribution in [1.29, 1.82) is 0 Å². The molecule has 0 aromatic rings. The monoisotopic (exact) mass is 1430 g/mol. The first kappa shape index (κ1) is 636. The van der Waals surface area contributed by atoms with E-state index in [0.717, 1.165) is 0 Å². The molecule has 0 saturated carbocycles. The first-order valence-electron chi connectivity index (χ1n) is 0. The van der Waals surface area contributed by atoms with Crippen molar-refractivity contribution in [2.24, 2.45) is 0 Å². The maximum Gasteiger partial charge on any atom is 0 e. The van der Waals surface area contributed by atoms with Crippen LogP contribution in [0, 0.1) is 156 Å². The van der Waals surface area contributed by atoms with Gasteiger partial charge in [-0.1, -0.05) is 0 Å². The van der Waals surface area contributed by atoms with Crippen molar-refractivity contribution in [3.05, 3.63) is 0 Å². The summed E-state index contributed by atoms with van der Waals surface area (Å²) >= 11 is 0. The SMILES string of the molecule is [O-2].[O-2].[O-2].[O-2].[O-2].[O-2].[O-2].[O-2].[O-2].[O-2].[O-2].[O-2].[O-2].[O-2].[O-2].[U].[U].[U].[U].[U]. The molecule has 0 amide bonds. The van der Waals surface area contributed by atoms with E-state index in [1.165, 1.54) is 0 Å². The van der Waals surface area contributed by atoms with E-state index in [-0.39, 0.29) is 238 Å². The molecule has 0 N–H and O–H groups in total. The summed E-state index contributed by atoms with van der Waals surface area (Å²) in [7, 11) is 0. The van der Waals surface area contributed by atoms with Gasteiger partial charge in [0.15, 0.2) is 0 Å². The van der Waals surface area contributed by atoms with E-state index in [9.17, 15) is 0 Å². The second-order valence-electron chi connectivity index (χ2n) is 0. The van der Waals surface area contributed by atoms with Gasteiger partial charge in [0.1, 0.15) is 0 Å². The zero-order chi connectivity index (χ0) is 0.